The Kier molecular flexibility index (Phi) is 5.91. The van der Waals surface area contributed by atoms with Gasteiger partial charge in [-0.3, -0.25) is 9.05 Å². The van der Waals surface area contributed by atoms with Gasteiger partial charge in [0, 0.05) is 6.54 Å². The molecule has 0 aliphatic heterocycles. The molecule has 0 atom stereocenters. The van der Waals surface area contributed by atoms with Crippen LogP contribution in [0.5, 0.6) is 0 Å². The minimum absolute atomic E-state index is 0.103. The van der Waals surface area contributed by atoms with Crippen LogP contribution in [0.3, 0.4) is 0 Å². The molecule has 0 aromatic carbocycles. The van der Waals surface area contributed by atoms with Crippen molar-refractivity contribution in [2.24, 2.45) is 0 Å². The number of hydrogen-bond donors (Lipinski definition) is 0. The maximum absolute atomic E-state index is 12.2. The van der Waals surface area contributed by atoms with E-state index in [1.807, 2.05) is 34.6 Å². The van der Waals surface area contributed by atoms with Crippen molar-refractivity contribution in [2.75, 3.05) is 13.6 Å². The van der Waals surface area contributed by atoms with Gasteiger partial charge in [0.25, 0.3) is 0 Å². The summed E-state index contributed by atoms with van der Waals surface area (Å²) in [6.07, 6.45) is -0.206. The molecule has 0 N–H and O–H groups in total. The van der Waals surface area contributed by atoms with Crippen LogP contribution in [0.15, 0.2) is 0 Å². The average Bonchev–Trinajstić information content (AvgIpc) is 1.99. The van der Waals surface area contributed by atoms with Gasteiger partial charge in [0.15, 0.2) is 0 Å². The van der Waals surface area contributed by atoms with E-state index < -0.39 is 7.75 Å². The second kappa shape index (κ2) is 5.86. The summed E-state index contributed by atoms with van der Waals surface area (Å²) >= 11 is 0. The second-order valence-electron chi connectivity index (χ2n) is 3.75. The highest BCUT2D eigenvalue weighted by Gasteiger charge is 2.32. The predicted molar refractivity (Wildman–Crippen MR) is 58.4 cm³/mol. The summed E-state index contributed by atoms with van der Waals surface area (Å²) in [5.41, 5.74) is 0. The van der Waals surface area contributed by atoms with Crippen molar-refractivity contribution >= 4 is 7.75 Å². The smallest absolute Gasteiger partial charge is 0.294 e. The van der Waals surface area contributed by atoms with Crippen LogP contribution in [0.2, 0.25) is 0 Å². The average molecular weight is 223 g/mol. The van der Waals surface area contributed by atoms with E-state index in [0.29, 0.717) is 6.54 Å². The summed E-state index contributed by atoms with van der Waals surface area (Å²) < 4.78 is 24.6. The second-order valence-corrected chi connectivity index (χ2v) is 5.79. The maximum Gasteiger partial charge on any atom is 0.408 e. The molecule has 0 aromatic heterocycles. The lowest BCUT2D eigenvalue weighted by Gasteiger charge is -2.28. The van der Waals surface area contributed by atoms with Gasteiger partial charge >= 0.3 is 7.75 Å². The molecular formula is C9H22NO3P. The third-order valence-corrected chi connectivity index (χ3v) is 4.06. The number of nitrogens with zero attached hydrogens (tertiary/aromatic N) is 1. The summed E-state index contributed by atoms with van der Waals surface area (Å²) in [7, 11) is -1.35. The maximum atomic E-state index is 12.2. The molecular weight excluding hydrogens is 201 g/mol. The van der Waals surface area contributed by atoms with E-state index in [1.165, 1.54) is 0 Å². The van der Waals surface area contributed by atoms with Gasteiger partial charge in [-0.25, -0.2) is 9.24 Å². The molecule has 0 amide bonds. The first-order chi connectivity index (χ1) is 6.31. The third-order valence-electron chi connectivity index (χ3n) is 1.56. The number of rotatable bonds is 6. The third kappa shape index (κ3) is 4.56. The Morgan fingerprint density at radius 1 is 1.14 bits per heavy atom. The lowest BCUT2D eigenvalue weighted by atomic mass is 10.5. The van der Waals surface area contributed by atoms with E-state index in [9.17, 15) is 4.57 Å². The van der Waals surface area contributed by atoms with Gasteiger partial charge in [0.2, 0.25) is 0 Å². The first kappa shape index (κ1) is 14.1. The molecule has 5 heteroatoms. The zero-order valence-corrected chi connectivity index (χ0v) is 10.9. The molecule has 0 saturated carbocycles. The topological polar surface area (TPSA) is 38.8 Å². The molecule has 0 aliphatic carbocycles. The van der Waals surface area contributed by atoms with Crippen LogP contribution in [0.1, 0.15) is 34.6 Å². The van der Waals surface area contributed by atoms with Crippen LogP contribution in [-0.2, 0) is 13.6 Å². The van der Waals surface area contributed by atoms with E-state index in [1.54, 1.807) is 11.7 Å². The lowest BCUT2D eigenvalue weighted by Crippen LogP contribution is -2.22. The SMILES string of the molecule is CCN(C)P(=O)(OC(C)C)OC(C)C. The van der Waals surface area contributed by atoms with Gasteiger partial charge in [0.05, 0.1) is 12.2 Å². The van der Waals surface area contributed by atoms with Gasteiger partial charge in [-0.15, -0.1) is 0 Å². The van der Waals surface area contributed by atoms with Crippen LogP contribution in [-0.4, -0.2) is 30.5 Å². The van der Waals surface area contributed by atoms with E-state index in [2.05, 4.69) is 0 Å². The normalized spacial score (nSPS) is 13.2. The molecule has 0 heterocycles. The van der Waals surface area contributed by atoms with Crippen molar-refractivity contribution in [3.05, 3.63) is 0 Å². The fourth-order valence-corrected chi connectivity index (χ4v) is 2.68. The highest BCUT2D eigenvalue weighted by atomic mass is 31.2. The van der Waals surface area contributed by atoms with Gasteiger partial charge in [-0.2, -0.15) is 0 Å². The zero-order chi connectivity index (χ0) is 11.4. The molecule has 0 radical (unpaired) electrons. The first-order valence-corrected chi connectivity index (χ1v) is 6.49. The van der Waals surface area contributed by atoms with Crippen LogP contribution < -0.4 is 0 Å². The monoisotopic (exact) mass is 223 g/mol. The largest absolute Gasteiger partial charge is 0.408 e. The quantitative estimate of drug-likeness (QED) is 0.649. The Morgan fingerprint density at radius 3 is 1.71 bits per heavy atom. The fourth-order valence-electron chi connectivity index (χ4n) is 0.892. The highest BCUT2D eigenvalue weighted by Crippen LogP contribution is 2.52. The Labute approximate surface area is 87.2 Å². The highest BCUT2D eigenvalue weighted by molar-refractivity contribution is 7.51. The fraction of sp³-hybridized carbons (Fsp3) is 1.00. The molecule has 4 nitrogen and oxygen atoms in total. The summed E-state index contributed by atoms with van der Waals surface area (Å²) in [6, 6.07) is 0. The Bertz CT molecular complexity index is 192. The van der Waals surface area contributed by atoms with Crippen LogP contribution in [0.25, 0.3) is 0 Å². The van der Waals surface area contributed by atoms with E-state index >= 15 is 0 Å². The van der Waals surface area contributed by atoms with Gasteiger partial charge in [-0.05, 0) is 34.7 Å². The molecule has 0 spiro atoms. The van der Waals surface area contributed by atoms with Crippen molar-refractivity contribution in [3.8, 4) is 0 Å². The van der Waals surface area contributed by atoms with Gasteiger partial charge in [0.1, 0.15) is 0 Å². The van der Waals surface area contributed by atoms with Gasteiger partial charge in [-0.1, -0.05) is 6.92 Å². The van der Waals surface area contributed by atoms with Crippen molar-refractivity contribution in [2.45, 2.75) is 46.8 Å². The van der Waals surface area contributed by atoms with Gasteiger partial charge < -0.3 is 0 Å². The first-order valence-electron chi connectivity index (χ1n) is 5.00. The Morgan fingerprint density at radius 2 is 1.50 bits per heavy atom. The molecule has 0 fully saturated rings. The van der Waals surface area contributed by atoms with Crippen molar-refractivity contribution < 1.29 is 13.6 Å². The summed E-state index contributed by atoms with van der Waals surface area (Å²) in [5.74, 6) is 0. The summed E-state index contributed by atoms with van der Waals surface area (Å²) in [4.78, 5) is 0. The Hall–Kier alpha value is 0.110. The molecule has 0 saturated heterocycles. The van der Waals surface area contributed by atoms with Crippen LogP contribution >= 0.6 is 7.75 Å². The summed E-state index contributed by atoms with van der Waals surface area (Å²) in [5, 5.41) is 0. The molecule has 0 rings (SSSR count). The molecule has 0 aromatic rings. The lowest BCUT2D eigenvalue weighted by molar-refractivity contribution is 0.113. The van der Waals surface area contributed by atoms with Crippen molar-refractivity contribution in [3.63, 3.8) is 0 Å². The van der Waals surface area contributed by atoms with Crippen molar-refractivity contribution in [1.82, 2.24) is 4.67 Å². The zero-order valence-electron chi connectivity index (χ0n) is 9.98. The predicted octanol–water partition coefficient (Wildman–Crippen LogP) is 2.90. The minimum atomic E-state index is -3.09. The van der Waals surface area contributed by atoms with Crippen LogP contribution in [0, 0.1) is 0 Å². The minimum Gasteiger partial charge on any atom is -0.294 e. The number of hydrogen-bond acceptors (Lipinski definition) is 3. The molecule has 0 aliphatic rings. The molecule has 0 bridgehead atoms. The standard InChI is InChI=1S/C9H22NO3P/c1-7-10(6)14(11,12-8(2)3)13-9(4)5/h8-9H,7H2,1-6H3. The van der Waals surface area contributed by atoms with E-state index in [4.69, 9.17) is 9.05 Å². The van der Waals surface area contributed by atoms with E-state index in [0.717, 1.165) is 0 Å². The summed E-state index contributed by atoms with van der Waals surface area (Å²) in [6.45, 7) is 9.94. The van der Waals surface area contributed by atoms with Crippen LogP contribution in [0.4, 0.5) is 0 Å². The van der Waals surface area contributed by atoms with Crippen molar-refractivity contribution in [1.29, 1.82) is 0 Å². The molecule has 86 valence electrons. The Balaban J connectivity index is 4.58. The molecule has 0 unspecified atom stereocenters. The molecule has 14 heavy (non-hydrogen) atoms. The van der Waals surface area contributed by atoms with E-state index in [-0.39, 0.29) is 12.2 Å².